The third kappa shape index (κ3) is 1.38. The average molecular weight is 209 g/mol. The summed E-state index contributed by atoms with van der Waals surface area (Å²) < 4.78 is 5.16. The van der Waals surface area contributed by atoms with E-state index in [1.807, 2.05) is 0 Å². The van der Waals surface area contributed by atoms with E-state index in [-0.39, 0.29) is 12.3 Å². The number of hydrogen-bond acceptors (Lipinski definition) is 4. The van der Waals surface area contributed by atoms with E-state index in [1.165, 1.54) is 17.5 Å². The van der Waals surface area contributed by atoms with Gasteiger partial charge in [0.1, 0.15) is 11.3 Å². The SMILES string of the molecule is CN1C(=O)NC(=O)CC1(C)c1cnco1. The Bertz CT molecular complexity index is 401. The zero-order valence-electron chi connectivity index (χ0n) is 8.48. The van der Waals surface area contributed by atoms with Crippen LogP contribution in [-0.4, -0.2) is 28.9 Å². The van der Waals surface area contributed by atoms with Gasteiger partial charge in [-0.1, -0.05) is 0 Å². The standard InChI is InChI=1S/C9H11N3O3/c1-9(6-4-10-5-15-6)3-7(13)11-8(14)12(9)2/h4-5H,3H2,1-2H3,(H,11,13,14). The van der Waals surface area contributed by atoms with Crippen molar-refractivity contribution in [2.75, 3.05) is 7.05 Å². The molecule has 3 amide bonds. The van der Waals surface area contributed by atoms with Crippen molar-refractivity contribution in [1.29, 1.82) is 0 Å². The molecule has 1 aromatic rings. The number of amides is 3. The van der Waals surface area contributed by atoms with Gasteiger partial charge in [0.05, 0.1) is 12.6 Å². The van der Waals surface area contributed by atoms with Gasteiger partial charge >= 0.3 is 6.03 Å². The van der Waals surface area contributed by atoms with Crippen LogP contribution in [0.3, 0.4) is 0 Å². The smallest absolute Gasteiger partial charge is 0.324 e. The summed E-state index contributed by atoms with van der Waals surface area (Å²) in [6.07, 6.45) is 2.97. The van der Waals surface area contributed by atoms with Gasteiger partial charge in [0.15, 0.2) is 6.39 Å². The summed E-state index contributed by atoms with van der Waals surface area (Å²) in [5, 5.41) is 2.23. The highest BCUT2D eigenvalue weighted by Crippen LogP contribution is 2.32. The van der Waals surface area contributed by atoms with Crippen LogP contribution in [0.2, 0.25) is 0 Å². The maximum absolute atomic E-state index is 11.4. The van der Waals surface area contributed by atoms with Gasteiger partial charge < -0.3 is 9.32 Å². The minimum Gasteiger partial charge on any atom is -0.446 e. The Balaban J connectivity index is 2.41. The first-order valence-electron chi connectivity index (χ1n) is 4.50. The number of nitrogens with zero attached hydrogens (tertiary/aromatic N) is 2. The fourth-order valence-electron chi connectivity index (χ4n) is 1.64. The van der Waals surface area contributed by atoms with Gasteiger partial charge in [-0.2, -0.15) is 0 Å². The molecule has 1 N–H and O–H groups in total. The van der Waals surface area contributed by atoms with Crippen molar-refractivity contribution in [3.63, 3.8) is 0 Å². The molecule has 0 aromatic carbocycles. The average Bonchev–Trinajstić information content (AvgIpc) is 2.67. The van der Waals surface area contributed by atoms with E-state index in [9.17, 15) is 9.59 Å². The number of rotatable bonds is 1. The van der Waals surface area contributed by atoms with Crippen molar-refractivity contribution in [1.82, 2.24) is 15.2 Å². The van der Waals surface area contributed by atoms with Crippen molar-refractivity contribution >= 4 is 11.9 Å². The first-order valence-corrected chi connectivity index (χ1v) is 4.50. The monoisotopic (exact) mass is 209 g/mol. The molecule has 0 spiro atoms. The van der Waals surface area contributed by atoms with E-state index >= 15 is 0 Å². The van der Waals surface area contributed by atoms with Crippen LogP contribution in [0.5, 0.6) is 0 Å². The topological polar surface area (TPSA) is 75.4 Å². The molecule has 1 atom stereocenters. The highest BCUT2D eigenvalue weighted by Gasteiger charge is 2.43. The number of carbonyl (C=O) groups excluding carboxylic acids is 2. The number of urea groups is 1. The van der Waals surface area contributed by atoms with Gasteiger partial charge in [-0.05, 0) is 6.92 Å². The van der Waals surface area contributed by atoms with Crippen molar-refractivity contribution in [2.45, 2.75) is 18.9 Å². The quantitative estimate of drug-likeness (QED) is 0.729. The predicted molar refractivity (Wildman–Crippen MR) is 49.8 cm³/mol. The molecule has 0 aliphatic carbocycles. The van der Waals surface area contributed by atoms with Crippen LogP contribution < -0.4 is 5.32 Å². The molecule has 2 heterocycles. The van der Waals surface area contributed by atoms with Crippen molar-refractivity contribution in [3.05, 3.63) is 18.4 Å². The Hall–Kier alpha value is -1.85. The molecule has 6 heteroatoms. The molecule has 1 fully saturated rings. The van der Waals surface area contributed by atoms with Gasteiger partial charge in [-0.15, -0.1) is 0 Å². The van der Waals surface area contributed by atoms with E-state index in [1.54, 1.807) is 14.0 Å². The number of nitrogens with one attached hydrogen (secondary N) is 1. The number of aromatic nitrogens is 1. The van der Waals surface area contributed by atoms with Gasteiger partial charge in [0.2, 0.25) is 5.91 Å². The fraction of sp³-hybridized carbons (Fsp3) is 0.444. The number of carbonyl (C=O) groups is 2. The third-order valence-corrected chi connectivity index (χ3v) is 2.76. The van der Waals surface area contributed by atoms with E-state index < -0.39 is 11.6 Å². The summed E-state index contributed by atoms with van der Waals surface area (Å²) in [7, 11) is 1.62. The van der Waals surface area contributed by atoms with Crippen molar-refractivity contribution < 1.29 is 14.0 Å². The van der Waals surface area contributed by atoms with Gasteiger partial charge in [-0.25, -0.2) is 9.78 Å². The molecule has 0 bridgehead atoms. The van der Waals surface area contributed by atoms with Crippen LogP contribution in [-0.2, 0) is 10.3 Å². The van der Waals surface area contributed by atoms with E-state index in [0.29, 0.717) is 5.76 Å². The summed E-state index contributed by atoms with van der Waals surface area (Å²) in [5.41, 5.74) is -0.754. The molecular formula is C9H11N3O3. The van der Waals surface area contributed by atoms with Crippen LogP contribution in [0, 0.1) is 0 Å². The van der Waals surface area contributed by atoms with Gasteiger partial charge in [-0.3, -0.25) is 10.1 Å². The molecule has 1 aliphatic heterocycles. The van der Waals surface area contributed by atoms with E-state index in [2.05, 4.69) is 10.3 Å². The molecule has 1 unspecified atom stereocenters. The Morgan fingerprint density at radius 2 is 2.33 bits per heavy atom. The van der Waals surface area contributed by atoms with Crippen molar-refractivity contribution in [2.24, 2.45) is 0 Å². The van der Waals surface area contributed by atoms with Gasteiger partial charge in [0.25, 0.3) is 0 Å². The minimum absolute atomic E-state index is 0.171. The largest absolute Gasteiger partial charge is 0.446 e. The molecule has 80 valence electrons. The lowest BCUT2D eigenvalue weighted by Gasteiger charge is -2.39. The molecule has 0 radical (unpaired) electrons. The normalized spacial score (nSPS) is 26.7. The first kappa shape index (κ1) is 9.70. The number of imide groups is 1. The van der Waals surface area contributed by atoms with Crippen LogP contribution >= 0.6 is 0 Å². The summed E-state index contributed by atoms with van der Waals surface area (Å²) in [5.74, 6) is 0.199. The lowest BCUT2D eigenvalue weighted by atomic mass is 9.91. The summed E-state index contributed by atoms with van der Waals surface area (Å²) >= 11 is 0. The zero-order valence-corrected chi connectivity index (χ0v) is 8.48. The van der Waals surface area contributed by atoms with Crippen LogP contribution in [0.25, 0.3) is 0 Å². The predicted octanol–water partition coefficient (Wildman–Crippen LogP) is 0.462. The van der Waals surface area contributed by atoms with Crippen molar-refractivity contribution in [3.8, 4) is 0 Å². The van der Waals surface area contributed by atoms with Crippen LogP contribution in [0.15, 0.2) is 17.0 Å². The number of oxazole rings is 1. The Morgan fingerprint density at radius 1 is 1.60 bits per heavy atom. The molecule has 2 rings (SSSR count). The highest BCUT2D eigenvalue weighted by molar-refractivity contribution is 5.97. The Morgan fingerprint density at radius 3 is 2.93 bits per heavy atom. The van der Waals surface area contributed by atoms with E-state index in [0.717, 1.165) is 0 Å². The highest BCUT2D eigenvalue weighted by atomic mass is 16.3. The summed E-state index contributed by atoms with van der Waals surface area (Å²) in [6.45, 7) is 1.77. The third-order valence-electron chi connectivity index (χ3n) is 2.76. The van der Waals surface area contributed by atoms with E-state index in [4.69, 9.17) is 4.42 Å². The molecule has 6 nitrogen and oxygen atoms in total. The lowest BCUT2D eigenvalue weighted by Crippen LogP contribution is -2.57. The Labute approximate surface area is 86.3 Å². The lowest BCUT2D eigenvalue weighted by molar-refractivity contribution is -0.125. The molecule has 1 aromatic heterocycles. The second kappa shape index (κ2) is 3.08. The Kier molecular flexibility index (Phi) is 1.99. The number of hydrogen-bond donors (Lipinski definition) is 1. The molecule has 15 heavy (non-hydrogen) atoms. The van der Waals surface area contributed by atoms with Crippen LogP contribution in [0.1, 0.15) is 19.1 Å². The minimum atomic E-state index is -0.754. The second-order valence-electron chi connectivity index (χ2n) is 3.73. The summed E-state index contributed by atoms with van der Waals surface area (Å²) in [4.78, 5) is 28.0. The fourth-order valence-corrected chi connectivity index (χ4v) is 1.64. The molecule has 1 aliphatic rings. The first-order chi connectivity index (χ1) is 7.04. The zero-order chi connectivity index (χ0) is 11.1. The summed E-state index contributed by atoms with van der Waals surface area (Å²) in [6, 6.07) is -0.426. The van der Waals surface area contributed by atoms with Gasteiger partial charge in [0, 0.05) is 7.05 Å². The molecular weight excluding hydrogens is 198 g/mol. The van der Waals surface area contributed by atoms with Crippen LogP contribution in [0.4, 0.5) is 4.79 Å². The molecule has 0 saturated carbocycles. The molecule has 1 saturated heterocycles. The second-order valence-corrected chi connectivity index (χ2v) is 3.73. The maximum atomic E-state index is 11.4. The maximum Gasteiger partial charge on any atom is 0.324 e.